The van der Waals surface area contributed by atoms with Gasteiger partial charge in [-0.2, -0.15) is 0 Å². The van der Waals surface area contributed by atoms with Crippen molar-refractivity contribution in [2.24, 2.45) is 5.41 Å². The van der Waals surface area contributed by atoms with Crippen molar-refractivity contribution in [2.75, 3.05) is 46.4 Å². The summed E-state index contributed by atoms with van der Waals surface area (Å²) in [5, 5.41) is 12.3. The van der Waals surface area contributed by atoms with Crippen LogP contribution in [0.15, 0.2) is 0 Å². The van der Waals surface area contributed by atoms with E-state index in [1.54, 1.807) is 4.90 Å². The van der Waals surface area contributed by atoms with Gasteiger partial charge in [0.25, 0.3) is 0 Å². The molecule has 2 rings (SSSR count). The van der Waals surface area contributed by atoms with Gasteiger partial charge in [-0.15, -0.1) is 0 Å². The molecule has 0 saturated carbocycles. The Bertz CT molecular complexity index is 396. The number of piperazine rings is 1. The van der Waals surface area contributed by atoms with Crippen LogP contribution in [0.5, 0.6) is 0 Å². The highest BCUT2D eigenvalue weighted by atomic mass is 16.5. The Labute approximate surface area is 125 Å². The first-order valence-electron chi connectivity index (χ1n) is 7.49. The minimum Gasteiger partial charge on any atom is -0.481 e. The van der Waals surface area contributed by atoms with Gasteiger partial charge >= 0.3 is 12.0 Å². The number of carboxylic acid groups (broad SMARTS) is 1. The van der Waals surface area contributed by atoms with Crippen molar-refractivity contribution in [1.82, 2.24) is 15.1 Å². The largest absolute Gasteiger partial charge is 0.481 e. The SMILES string of the molecule is CC1CN(C)CCN1C(=O)NCC1(C(=O)O)CCOCC1. The number of carbonyl (C=O) groups excluding carboxylic acids is 1. The third kappa shape index (κ3) is 3.65. The van der Waals surface area contributed by atoms with Gasteiger partial charge in [0.1, 0.15) is 0 Å². The number of carboxylic acids is 1. The van der Waals surface area contributed by atoms with E-state index in [1.807, 2.05) is 14.0 Å². The van der Waals surface area contributed by atoms with Gasteiger partial charge in [-0.3, -0.25) is 4.79 Å². The van der Waals surface area contributed by atoms with Crippen molar-refractivity contribution in [1.29, 1.82) is 0 Å². The van der Waals surface area contributed by atoms with Gasteiger partial charge < -0.3 is 25.0 Å². The average Bonchev–Trinajstić information content (AvgIpc) is 2.45. The van der Waals surface area contributed by atoms with Crippen LogP contribution in [0.3, 0.4) is 0 Å². The van der Waals surface area contributed by atoms with Gasteiger partial charge in [0.05, 0.1) is 5.41 Å². The summed E-state index contributed by atoms with van der Waals surface area (Å²) in [6.45, 7) is 5.41. The molecule has 0 bridgehead atoms. The zero-order valence-electron chi connectivity index (χ0n) is 12.8. The molecule has 2 N–H and O–H groups in total. The molecule has 0 aromatic carbocycles. The van der Waals surface area contributed by atoms with E-state index in [0.717, 1.165) is 13.1 Å². The van der Waals surface area contributed by atoms with Crippen LogP contribution in [0, 0.1) is 5.41 Å². The van der Waals surface area contributed by atoms with Crippen LogP contribution >= 0.6 is 0 Å². The molecule has 0 aliphatic carbocycles. The fourth-order valence-corrected chi connectivity index (χ4v) is 3.02. The summed E-state index contributed by atoms with van der Waals surface area (Å²) in [5.74, 6) is -0.850. The van der Waals surface area contributed by atoms with Crippen molar-refractivity contribution in [3.63, 3.8) is 0 Å². The summed E-state index contributed by atoms with van der Waals surface area (Å²) in [6.07, 6.45) is 0.891. The van der Waals surface area contributed by atoms with E-state index in [0.29, 0.717) is 32.6 Å². The second-order valence-electron chi connectivity index (χ2n) is 6.16. The number of nitrogens with one attached hydrogen (secondary N) is 1. The van der Waals surface area contributed by atoms with E-state index in [1.165, 1.54) is 0 Å². The van der Waals surface area contributed by atoms with E-state index < -0.39 is 11.4 Å². The molecule has 0 aromatic heterocycles. The van der Waals surface area contributed by atoms with E-state index in [-0.39, 0.29) is 18.6 Å². The number of hydrogen-bond donors (Lipinski definition) is 2. The Morgan fingerprint density at radius 3 is 2.57 bits per heavy atom. The molecule has 2 aliphatic heterocycles. The molecule has 21 heavy (non-hydrogen) atoms. The first-order valence-corrected chi connectivity index (χ1v) is 7.49. The Morgan fingerprint density at radius 2 is 2.00 bits per heavy atom. The van der Waals surface area contributed by atoms with Crippen LogP contribution < -0.4 is 5.32 Å². The molecule has 7 heteroatoms. The number of nitrogens with zero attached hydrogens (tertiary/aromatic N) is 2. The molecule has 2 aliphatic rings. The maximum Gasteiger partial charge on any atom is 0.317 e. The van der Waals surface area contributed by atoms with Crippen LogP contribution in [-0.2, 0) is 9.53 Å². The van der Waals surface area contributed by atoms with Gasteiger partial charge in [-0.05, 0) is 26.8 Å². The number of amides is 2. The zero-order chi connectivity index (χ0) is 15.5. The van der Waals surface area contributed by atoms with E-state index in [9.17, 15) is 14.7 Å². The van der Waals surface area contributed by atoms with Gasteiger partial charge in [0.2, 0.25) is 0 Å². The molecule has 0 radical (unpaired) electrons. The van der Waals surface area contributed by atoms with Crippen molar-refractivity contribution in [2.45, 2.75) is 25.8 Å². The molecule has 2 saturated heterocycles. The summed E-state index contributed by atoms with van der Waals surface area (Å²) >= 11 is 0. The second kappa shape index (κ2) is 6.62. The molecule has 7 nitrogen and oxygen atoms in total. The van der Waals surface area contributed by atoms with Crippen LogP contribution in [0.2, 0.25) is 0 Å². The first kappa shape index (κ1) is 16.0. The minimum absolute atomic E-state index is 0.138. The molecule has 0 aromatic rings. The Hall–Kier alpha value is -1.34. The number of carbonyl (C=O) groups is 2. The van der Waals surface area contributed by atoms with Crippen LogP contribution in [0.4, 0.5) is 4.79 Å². The topological polar surface area (TPSA) is 82.1 Å². The van der Waals surface area contributed by atoms with Crippen molar-refractivity contribution in [3.8, 4) is 0 Å². The molecule has 0 spiro atoms. The van der Waals surface area contributed by atoms with Crippen LogP contribution in [0.1, 0.15) is 19.8 Å². The summed E-state index contributed by atoms with van der Waals surface area (Å²) in [7, 11) is 2.03. The molecular weight excluding hydrogens is 274 g/mol. The van der Waals surface area contributed by atoms with E-state index >= 15 is 0 Å². The minimum atomic E-state index is -0.885. The number of urea groups is 1. The standard InChI is InChI=1S/C14H25N3O4/c1-11-9-16(2)5-6-17(11)13(20)15-10-14(12(18)19)3-7-21-8-4-14/h11H,3-10H2,1-2H3,(H,15,20)(H,18,19). The highest BCUT2D eigenvalue weighted by Gasteiger charge is 2.41. The quantitative estimate of drug-likeness (QED) is 0.779. The predicted molar refractivity (Wildman–Crippen MR) is 77.2 cm³/mol. The van der Waals surface area contributed by atoms with Crippen molar-refractivity contribution < 1.29 is 19.4 Å². The number of rotatable bonds is 3. The molecular formula is C14H25N3O4. The lowest BCUT2D eigenvalue weighted by molar-refractivity contribution is -0.154. The van der Waals surface area contributed by atoms with E-state index in [2.05, 4.69) is 10.2 Å². The molecule has 1 unspecified atom stereocenters. The Morgan fingerprint density at radius 1 is 1.33 bits per heavy atom. The molecule has 2 amide bonds. The highest BCUT2D eigenvalue weighted by molar-refractivity contribution is 5.78. The fraction of sp³-hybridized carbons (Fsp3) is 0.857. The third-order valence-corrected chi connectivity index (χ3v) is 4.57. The summed E-state index contributed by atoms with van der Waals surface area (Å²) in [4.78, 5) is 27.8. The lowest BCUT2D eigenvalue weighted by Gasteiger charge is -2.39. The van der Waals surface area contributed by atoms with Gasteiger partial charge in [-0.1, -0.05) is 0 Å². The van der Waals surface area contributed by atoms with Gasteiger partial charge in [0, 0.05) is 45.4 Å². The molecule has 2 heterocycles. The molecule has 1 atom stereocenters. The summed E-state index contributed by atoms with van der Waals surface area (Å²) in [6, 6.07) is -0.0260. The molecule has 120 valence electrons. The number of aliphatic carboxylic acids is 1. The first-order chi connectivity index (χ1) is 9.94. The normalized spacial score (nSPS) is 26.4. The predicted octanol–water partition coefficient (Wildman–Crippen LogP) is 0.213. The van der Waals surface area contributed by atoms with Crippen LogP contribution in [0.25, 0.3) is 0 Å². The smallest absolute Gasteiger partial charge is 0.317 e. The lowest BCUT2D eigenvalue weighted by Crippen LogP contribution is -2.57. The number of hydrogen-bond acceptors (Lipinski definition) is 4. The summed E-state index contributed by atoms with van der Waals surface area (Å²) < 4.78 is 5.23. The van der Waals surface area contributed by atoms with Crippen molar-refractivity contribution >= 4 is 12.0 Å². The maximum atomic E-state index is 12.3. The Balaban J connectivity index is 1.91. The third-order valence-electron chi connectivity index (χ3n) is 4.57. The second-order valence-corrected chi connectivity index (χ2v) is 6.16. The van der Waals surface area contributed by atoms with Crippen molar-refractivity contribution in [3.05, 3.63) is 0 Å². The maximum absolute atomic E-state index is 12.3. The lowest BCUT2D eigenvalue weighted by atomic mass is 9.80. The van der Waals surface area contributed by atoms with Gasteiger partial charge in [-0.25, -0.2) is 4.79 Å². The Kier molecular flexibility index (Phi) is 5.05. The monoisotopic (exact) mass is 299 g/mol. The number of likely N-dealkylation sites (N-methyl/N-ethyl adjacent to an activating group) is 1. The average molecular weight is 299 g/mol. The van der Waals surface area contributed by atoms with Crippen LogP contribution in [-0.4, -0.2) is 79.4 Å². The fourth-order valence-electron chi connectivity index (χ4n) is 3.02. The summed E-state index contributed by atoms with van der Waals surface area (Å²) in [5.41, 5.74) is -0.885. The number of ether oxygens (including phenoxy) is 1. The highest BCUT2D eigenvalue weighted by Crippen LogP contribution is 2.30. The molecule has 2 fully saturated rings. The zero-order valence-corrected chi connectivity index (χ0v) is 12.8. The van der Waals surface area contributed by atoms with E-state index in [4.69, 9.17) is 4.74 Å². The van der Waals surface area contributed by atoms with Gasteiger partial charge in [0.15, 0.2) is 0 Å².